The van der Waals surface area contributed by atoms with Gasteiger partial charge in [-0.25, -0.2) is 9.59 Å². The first-order valence-corrected chi connectivity index (χ1v) is 37.8. The zero-order valence-corrected chi connectivity index (χ0v) is 68.3. The topological polar surface area (TPSA) is 357 Å². The number of carbonyl (C=O) groups is 8. The van der Waals surface area contributed by atoms with Crippen LogP contribution < -0.4 is 9.80 Å². The number of halogens is 4. The molecule has 113 heavy (non-hydrogen) atoms. The first-order chi connectivity index (χ1) is 52.8. The predicted molar refractivity (Wildman–Crippen MR) is 415 cm³/mol. The number of allylic oxidation sites excluding steroid dienone is 6. The number of amides is 4. The van der Waals surface area contributed by atoms with Crippen LogP contribution in [-0.4, -0.2) is 203 Å². The number of nitrogens with zero attached hydrogens (tertiary/aromatic N) is 6. The standard InChI is InChI=1S/C41H50ClN3O11.C40H46Cl2FN3O11/c1-22-11-10-12-32(53-9)41(50)20-31(54-35(47)21-41)25(4)37-40(6,56-37)33(19-34(46)44(8)30-18-27(15-22)16-24(3)36(30)42)55-39(49)26(5)43(7)38(48)28-13-14-29(45(51)52)23(2)17-28;1-20-10-9-11-31(54-8)40(51)18-30(55-34(48)19-40)22(3)36-39(5,57-36)32(17-33(47)45(7)29-14-24(12-20)13-21(2)35(29)42)56-38(50)23(4)44(6)37(49)25-15-27(43)28(46(52)53)16-26(25)41/h10-14,16-18,25-26,31-33,37,50H,15,19-21H2,1-9H3;9-11,13-16,22-23,30-32,36,51H,12,17-19H2,1-8H3/b12-10+,22-11+;11-9+,20-10+/t25-,26+,31+,32-,33+,37+,40+,41-;22-,23+,30+,31-,32+,36+,39+,40-/m11/s1. The molecule has 4 aromatic rings. The van der Waals surface area contributed by atoms with Gasteiger partial charge in [-0.1, -0.05) is 108 Å². The number of ether oxygens (including phenoxy) is 8. The molecule has 6 heterocycles. The Morgan fingerprint density at radius 3 is 1.42 bits per heavy atom. The van der Waals surface area contributed by atoms with Crippen molar-refractivity contribution in [2.45, 2.75) is 211 Å². The number of methoxy groups -OCH3 is 2. The largest absolute Gasteiger partial charge is 0.462 e. The summed E-state index contributed by atoms with van der Waals surface area (Å²) in [6.45, 7) is 18.8. The van der Waals surface area contributed by atoms with Crippen LogP contribution >= 0.6 is 34.8 Å². The molecule has 0 unspecified atom stereocenters. The van der Waals surface area contributed by atoms with E-state index in [0.717, 1.165) is 43.2 Å². The first-order valence-electron chi connectivity index (χ1n) is 36.7. The van der Waals surface area contributed by atoms with Gasteiger partial charge in [0, 0.05) is 90.3 Å². The summed E-state index contributed by atoms with van der Waals surface area (Å²) in [5.41, 5.74) is -0.880. The SMILES string of the molecule is CO[C@@H]1/C=C/C=C(\C)Cc2cc(C)c(Cl)c(c2)N(C)C(=O)C[C@H](OC(=O)[C@H](C)N(C)C(=O)c2cc(F)c([N+](=O)[O-])cc2Cl)[C@]2(C)O[C@H]2[C@H](C)[C@@H]2C[C@@]1(O)CC(=O)O2.CO[C@@H]1/C=C/C=C(\C)Cc2cc(C)c(Cl)c(c2)N(C)C(=O)C[C@H](OC(=O)[C@H](C)N(C)C(=O)c2ccc([N+](=O)[O-])c(C)c2)[C@]2(C)O[C@H]2[C@H](C)[C@@H]2C[C@@]1(O)CC(=O)O2. The van der Waals surface area contributed by atoms with Crippen LogP contribution in [0, 0.1) is 58.7 Å². The van der Waals surface area contributed by atoms with Gasteiger partial charge in [0.25, 0.3) is 17.5 Å². The summed E-state index contributed by atoms with van der Waals surface area (Å²) in [6.07, 6.45) is 3.09. The molecule has 10 rings (SSSR count). The van der Waals surface area contributed by atoms with E-state index in [2.05, 4.69) is 0 Å². The highest BCUT2D eigenvalue weighted by molar-refractivity contribution is 6.35. The molecule has 4 aromatic carbocycles. The first kappa shape index (κ1) is 87.9. The maximum Gasteiger partial charge on any atom is 0.328 e. The number of carbonyl (C=O) groups excluding carboxylic acids is 8. The number of esters is 4. The average Bonchev–Trinajstić information content (AvgIpc) is 1.58. The van der Waals surface area contributed by atoms with Crippen LogP contribution in [0.3, 0.4) is 0 Å². The molecule has 0 aliphatic carbocycles. The van der Waals surface area contributed by atoms with Crippen molar-refractivity contribution < 1.29 is 101 Å². The Morgan fingerprint density at radius 1 is 0.619 bits per heavy atom. The fourth-order valence-electron chi connectivity index (χ4n) is 15.2. The maximum atomic E-state index is 14.5. The number of hydrogen-bond acceptors (Lipinski definition) is 22. The minimum atomic E-state index is -1.63. The number of aryl methyl sites for hydroxylation is 3. The Balaban J connectivity index is 0.000000259. The van der Waals surface area contributed by atoms with E-state index in [1.54, 1.807) is 72.2 Å². The Bertz CT molecular complexity index is 4590. The van der Waals surface area contributed by atoms with Crippen molar-refractivity contribution in [1.82, 2.24) is 9.80 Å². The summed E-state index contributed by atoms with van der Waals surface area (Å²) < 4.78 is 62.0. The van der Waals surface area contributed by atoms with E-state index in [1.807, 2.05) is 58.0 Å². The molecule has 6 aliphatic rings. The number of likely N-dealkylation sites (N-methyl/N-ethyl adjacent to an activating group) is 2. The minimum Gasteiger partial charge on any atom is -0.462 e. The third-order valence-corrected chi connectivity index (χ3v) is 23.8. The Kier molecular flexibility index (Phi) is 27.2. The molecule has 0 radical (unpaired) electrons. The molecule has 28 nitrogen and oxygen atoms in total. The lowest BCUT2D eigenvalue weighted by Crippen LogP contribution is -2.53. The highest BCUT2D eigenvalue weighted by atomic mass is 35.5. The van der Waals surface area contributed by atoms with E-state index in [0.29, 0.717) is 46.4 Å². The fraction of sp³-hybridized carbons (Fsp3) is 0.506. The van der Waals surface area contributed by atoms with E-state index in [4.69, 9.17) is 72.7 Å². The highest BCUT2D eigenvalue weighted by Gasteiger charge is 2.66. The molecule has 4 amide bonds. The Labute approximate surface area is 669 Å². The van der Waals surface area contributed by atoms with Gasteiger partial charge in [-0.3, -0.25) is 49.0 Å². The highest BCUT2D eigenvalue weighted by Crippen LogP contribution is 2.52. The molecule has 0 saturated carbocycles. The molecule has 4 saturated heterocycles. The smallest absolute Gasteiger partial charge is 0.328 e. The molecule has 8 bridgehead atoms. The van der Waals surface area contributed by atoms with Gasteiger partial charge in [0.05, 0.1) is 79.7 Å². The van der Waals surface area contributed by atoms with Crippen molar-refractivity contribution in [3.63, 3.8) is 0 Å². The molecule has 16 atom stereocenters. The maximum absolute atomic E-state index is 14.5. The molecule has 610 valence electrons. The monoisotopic (exact) mass is 1630 g/mol. The number of anilines is 2. The third kappa shape index (κ3) is 19.2. The molecule has 0 aromatic heterocycles. The molecule has 2 N–H and O–H groups in total. The van der Waals surface area contributed by atoms with E-state index >= 15 is 0 Å². The van der Waals surface area contributed by atoms with Gasteiger partial charge in [0.1, 0.15) is 71.1 Å². The molecule has 32 heteroatoms. The second-order valence-corrected chi connectivity index (χ2v) is 32.0. The summed E-state index contributed by atoms with van der Waals surface area (Å²) in [4.78, 5) is 135. The van der Waals surface area contributed by atoms with Crippen molar-refractivity contribution in [2.24, 2.45) is 11.8 Å². The van der Waals surface area contributed by atoms with Crippen LogP contribution in [0.25, 0.3) is 0 Å². The van der Waals surface area contributed by atoms with Gasteiger partial charge in [-0.05, 0) is 128 Å². The number of nitro groups is 2. The molecular weight excluding hydrogens is 1530 g/mol. The lowest BCUT2D eigenvalue weighted by molar-refractivity contribution is -0.387. The summed E-state index contributed by atoms with van der Waals surface area (Å²) in [5.74, 6) is -7.88. The second-order valence-electron chi connectivity index (χ2n) is 30.8. The van der Waals surface area contributed by atoms with Gasteiger partial charge < -0.3 is 67.7 Å². The fourth-order valence-corrected chi connectivity index (χ4v) is 15.9. The van der Waals surface area contributed by atoms with Crippen LogP contribution in [0.15, 0.2) is 102 Å². The van der Waals surface area contributed by atoms with E-state index in [-0.39, 0.29) is 48.9 Å². The van der Waals surface area contributed by atoms with Crippen molar-refractivity contribution in [3.05, 3.63) is 182 Å². The number of epoxide rings is 2. The van der Waals surface area contributed by atoms with Crippen molar-refractivity contribution in [3.8, 4) is 0 Å². The Hall–Kier alpha value is -9.04. The summed E-state index contributed by atoms with van der Waals surface area (Å²) in [6, 6.07) is 10.2. The zero-order valence-electron chi connectivity index (χ0n) is 66.0. The summed E-state index contributed by atoms with van der Waals surface area (Å²) in [5, 5.41) is 46.5. The third-order valence-electron chi connectivity index (χ3n) is 22.5. The quantitative estimate of drug-likeness (QED) is 0.0437. The van der Waals surface area contributed by atoms with E-state index in [9.17, 15) is 73.2 Å². The normalized spacial score (nSPS) is 30.1. The van der Waals surface area contributed by atoms with Gasteiger partial charge in [0.2, 0.25) is 17.6 Å². The van der Waals surface area contributed by atoms with Crippen LogP contribution in [0.5, 0.6) is 0 Å². The average molecular weight is 1630 g/mol. The Morgan fingerprint density at radius 2 is 1.03 bits per heavy atom. The van der Waals surface area contributed by atoms with Crippen LogP contribution in [0.4, 0.5) is 27.1 Å². The van der Waals surface area contributed by atoms with Gasteiger partial charge in [0.15, 0.2) is 0 Å². The minimum absolute atomic E-state index is 0.00708. The summed E-state index contributed by atoms with van der Waals surface area (Å²) >= 11 is 19.7. The second kappa shape index (κ2) is 35.0. The van der Waals surface area contributed by atoms with Crippen LogP contribution in [-0.2, 0) is 79.5 Å². The van der Waals surface area contributed by atoms with Crippen molar-refractivity contribution >= 4 is 105 Å². The van der Waals surface area contributed by atoms with Crippen LogP contribution in [0.2, 0.25) is 15.1 Å². The lowest BCUT2D eigenvalue weighted by Gasteiger charge is -2.41. The van der Waals surface area contributed by atoms with Gasteiger partial charge >= 0.3 is 29.6 Å². The van der Waals surface area contributed by atoms with E-state index < -0.39 is 181 Å². The number of benzene rings is 4. The molecule has 4 fully saturated rings. The number of aliphatic hydroxyl groups is 2. The molecule has 6 aliphatic heterocycles. The number of nitro benzene ring substituents is 2. The summed E-state index contributed by atoms with van der Waals surface area (Å²) in [7, 11) is 8.68. The number of fused-ring (bicyclic) bond motifs is 10. The van der Waals surface area contributed by atoms with Crippen molar-refractivity contribution in [2.75, 3.05) is 52.2 Å². The molecular formula is C81H96Cl3FN6O22. The lowest BCUT2D eigenvalue weighted by atomic mass is 9.78. The van der Waals surface area contributed by atoms with Crippen LogP contribution in [0.1, 0.15) is 142 Å². The number of hydrogen-bond donors (Lipinski definition) is 2. The van der Waals surface area contributed by atoms with E-state index in [1.165, 1.54) is 77.1 Å². The van der Waals surface area contributed by atoms with Crippen molar-refractivity contribution in [1.29, 1.82) is 0 Å². The zero-order chi connectivity index (χ0) is 83.7. The van der Waals surface area contributed by atoms with Gasteiger partial charge in [-0.2, -0.15) is 4.39 Å². The molecule has 0 spiro atoms. The predicted octanol–water partition coefficient (Wildman–Crippen LogP) is 11.7. The van der Waals surface area contributed by atoms with Gasteiger partial charge in [-0.15, -0.1) is 0 Å². The number of rotatable bonds is 12.